The Morgan fingerprint density at radius 3 is 2.72 bits per heavy atom. The van der Waals surface area contributed by atoms with Crippen LogP contribution in [0.5, 0.6) is 0 Å². The van der Waals surface area contributed by atoms with Crippen LogP contribution in [-0.4, -0.2) is 36.5 Å². The number of nitrogens with zero attached hydrogens (tertiary/aromatic N) is 1. The molecular formula is C12H18N2O3S. The highest BCUT2D eigenvalue weighted by Gasteiger charge is 2.29. The van der Waals surface area contributed by atoms with Crippen LogP contribution < -0.4 is 5.73 Å². The number of thiophene rings is 1. The predicted molar refractivity (Wildman–Crippen MR) is 70.1 cm³/mol. The van der Waals surface area contributed by atoms with E-state index in [-0.39, 0.29) is 12.6 Å². The predicted octanol–water partition coefficient (Wildman–Crippen LogP) is 1.16. The van der Waals surface area contributed by atoms with E-state index in [0.717, 1.165) is 4.88 Å². The van der Waals surface area contributed by atoms with Gasteiger partial charge < -0.3 is 15.4 Å². The van der Waals surface area contributed by atoms with Gasteiger partial charge in [-0.25, -0.2) is 4.79 Å². The highest BCUT2D eigenvalue weighted by Crippen LogP contribution is 2.23. The van der Waals surface area contributed by atoms with Crippen LogP contribution in [0.15, 0.2) is 17.5 Å². The van der Waals surface area contributed by atoms with E-state index in [1.165, 1.54) is 4.90 Å². The Morgan fingerprint density at radius 1 is 1.56 bits per heavy atom. The molecule has 0 bridgehead atoms. The lowest BCUT2D eigenvalue weighted by Gasteiger charge is -2.26. The molecule has 0 fully saturated rings. The zero-order valence-corrected chi connectivity index (χ0v) is 11.6. The topological polar surface area (TPSA) is 72.6 Å². The summed E-state index contributed by atoms with van der Waals surface area (Å²) in [6, 6.07) is 2.49. The largest absolute Gasteiger partial charge is 0.464 e. The van der Waals surface area contributed by atoms with Gasteiger partial charge in [-0.3, -0.25) is 4.79 Å². The molecule has 1 aromatic heterocycles. The fourth-order valence-corrected chi connectivity index (χ4v) is 2.29. The average molecular weight is 270 g/mol. The normalized spacial score (nSPS) is 13.8. The van der Waals surface area contributed by atoms with Crippen LogP contribution in [0, 0.1) is 0 Å². The van der Waals surface area contributed by atoms with Crippen molar-refractivity contribution < 1.29 is 14.3 Å². The van der Waals surface area contributed by atoms with E-state index >= 15 is 0 Å². The summed E-state index contributed by atoms with van der Waals surface area (Å²) in [7, 11) is 1.63. The summed E-state index contributed by atoms with van der Waals surface area (Å²) < 4.78 is 4.74. The highest BCUT2D eigenvalue weighted by molar-refractivity contribution is 7.10. The van der Waals surface area contributed by atoms with Crippen molar-refractivity contribution in [3.8, 4) is 0 Å². The van der Waals surface area contributed by atoms with Crippen LogP contribution in [0.1, 0.15) is 24.8 Å². The standard InChI is InChI=1S/C12H18N2O3S/c1-4-17-12(16)10(13)11(15)14(3)8(2)9-6-5-7-18-9/h5-8,10H,4,13H2,1-3H3. The van der Waals surface area contributed by atoms with Crippen LogP contribution in [-0.2, 0) is 14.3 Å². The monoisotopic (exact) mass is 270 g/mol. The van der Waals surface area contributed by atoms with Crippen molar-refractivity contribution in [2.45, 2.75) is 25.9 Å². The van der Waals surface area contributed by atoms with Crippen LogP contribution >= 0.6 is 11.3 Å². The number of carbonyl (C=O) groups excluding carboxylic acids is 2. The van der Waals surface area contributed by atoms with Crippen molar-refractivity contribution >= 4 is 23.2 Å². The number of rotatable bonds is 5. The number of ether oxygens (including phenoxy) is 1. The molecule has 5 nitrogen and oxygen atoms in total. The quantitative estimate of drug-likeness (QED) is 0.643. The number of amides is 1. The molecule has 2 atom stereocenters. The van der Waals surface area contributed by atoms with E-state index in [1.807, 2.05) is 24.4 Å². The second kappa shape index (κ2) is 6.51. The second-order valence-electron chi connectivity index (χ2n) is 3.87. The van der Waals surface area contributed by atoms with Crippen LogP contribution in [0.3, 0.4) is 0 Å². The first-order chi connectivity index (χ1) is 8.49. The summed E-state index contributed by atoms with van der Waals surface area (Å²) in [5.41, 5.74) is 5.58. The number of likely N-dealkylation sites (N-methyl/N-ethyl adjacent to an activating group) is 1. The van der Waals surface area contributed by atoms with Crippen LogP contribution in [0.25, 0.3) is 0 Å². The number of esters is 1. The first kappa shape index (κ1) is 14.7. The van der Waals surface area contributed by atoms with Crippen molar-refractivity contribution in [3.05, 3.63) is 22.4 Å². The molecule has 2 unspecified atom stereocenters. The molecule has 100 valence electrons. The molecule has 0 saturated carbocycles. The average Bonchev–Trinajstić information content (AvgIpc) is 2.89. The van der Waals surface area contributed by atoms with Crippen molar-refractivity contribution in [3.63, 3.8) is 0 Å². The molecule has 2 N–H and O–H groups in total. The van der Waals surface area contributed by atoms with Gasteiger partial charge in [0.15, 0.2) is 6.04 Å². The van der Waals surface area contributed by atoms with Gasteiger partial charge in [0.1, 0.15) is 0 Å². The van der Waals surface area contributed by atoms with Gasteiger partial charge in [0.25, 0.3) is 5.91 Å². The summed E-state index contributed by atoms with van der Waals surface area (Å²) in [6.45, 7) is 3.78. The second-order valence-corrected chi connectivity index (χ2v) is 4.85. The summed E-state index contributed by atoms with van der Waals surface area (Å²) in [5, 5.41) is 1.94. The zero-order valence-electron chi connectivity index (χ0n) is 10.8. The smallest absolute Gasteiger partial charge is 0.332 e. The van der Waals surface area contributed by atoms with E-state index < -0.39 is 17.9 Å². The molecule has 1 aromatic rings. The van der Waals surface area contributed by atoms with Gasteiger partial charge in [-0.15, -0.1) is 11.3 Å². The molecule has 6 heteroatoms. The first-order valence-electron chi connectivity index (χ1n) is 5.71. The third-order valence-electron chi connectivity index (χ3n) is 2.69. The minimum absolute atomic E-state index is 0.113. The molecule has 0 aliphatic carbocycles. The van der Waals surface area contributed by atoms with Gasteiger partial charge in [0.05, 0.1) is 12.6 Å². The molecule has 1 rings (SSSR count). The Labute approximate surface area is 111 Å². The first-order valence-corrected chi connectivity index (χ1v) is 6.59. The van der Waals surface area contributed by atoms with Gasteiger partial charge in [-0.2, -0.15) is 0 Å². The summed E-state index contributed by atoms with van der Waals surface area (Å²) in [5.74, 6) is -1.12. The van der Waals surface area contributed by atoms with Crippen LogP contribution in [0.2, 0.25) is 0 Å². The van der Waals surface area contributed by atoms with E-state index in [2.05, 4.69) is 0 Å². The molecule has 0 aliphatic rings. The van der Waals surface area contributed by atoms with E-state index in [1.54, 1.807) is 25.3 Å². The molecule has 18 heavy (non-hydrogen) atoms. The molecule has 0 aromatic carbocycles. The Balaban J connectivity index is 2.69. The van der Waals surface area contributed by atoms with E-state index in [4.69, 9.17) is 10.5 Å². The number of hydrogen-bond donors (Lipinski definition) is 1. The summed E-state index contributed by atoms with van der Waals surface area (Å²) >= 11 is 1.56. The van der Waals surface area contributed by atoms with E-state index in [0.29, 0.717) is 0 Å². The van der Waals surface area contributed by atoms with Crippen molar-refractivity contribution in [2.75, 3.05) is 13.7 Å². The molecule has 1 amide bonds. The zero-order chi connectivity index (χ0) is 13.7. The lowest BCUT2D eigenvalue weighted by atomic mass is 10.2. The molecule has 0 aliphatic heterocycles. The minimum atomic E-state index is -1.25. The Kier molecular flexibility index (Phi) is 5.30. The maximum Gasteiger partial charge on any atom is 0.332 e. The Hall–Kier alpha value is -1.40. The fourth-order valence-electron chi connectivity index (χ4n) is 1.46. The molecule has 0 radical (unpaired) electrons. The molecular weight excluding hydrogens is 252 g/mol. The Morgan fingerprint density at radius 2 is 2.22 bits per heavy atom. The SMILES string of the molecule is CCOC(=O)C(N)C(=O)N(C)C(C)c1cccs1. The minimum Gasteiger partial charge on any atom is -0.464 e. The van der Waals surface area contributed by atoms with Gasteiger partial charge in [-0.1, -0.05) is 6.07 Å². The van der Waals surface area contributed by atoms with Crippen molar-refractivity contribution in [1.82, 2.24) is 4.90 Å². The number of carbonyl (C=O) groups is 2. The molecule has 1 heterocycles. The highest BCUT2D eigenvalue weighted by atomic mass is 32.1. The van der Waals surface area contributed by atoms with Crippen molar-refractivity contribution in [2.24, 2.45) is 5.73 Å². The summed E-state index contributed by atoms with van der Waals surface area (Å²) in [4.78, 5) is 25.9. The Bertz CT molecular complexity index is 405. The van der Waals surface area contributed by atoms with Gasteiger partial charge in [-0.05, 0) is 25.3 Å². The van der Waals surface area contributed by atoms with E-state index in [9.17, 15) is 9.59 Å². The fraction of sp³-hybridized carbons (Fsp3) is 0.500. The summed E-state index contributed by atoms with van der Waals surface area (Å²) in [6.07, 6.45) is 0. The van der Waals surface area contributed by atoms with Crippen LogP contribution in [0.4, 0.5) is 0 Å². The lowest BCUT2D eigenvalue weighted by molar-refractivity contribution is -0.151. The maximum atomic E-state index is 12.0. The van der Waals surface area contributed by atoms with Gasteiger partial charge in [0, 0.05) is 11.9 Å². The molecule has 0 saturated heterocycles. The molecule has 0 spiro atoms. The van der Waals surface area contributed by atoms with Gasteiger partial charge in [0.2, 0.25) is 0 Å². The number of hydrogen-bond acceptors (Lipinski definition) is 5. The number of nitrogens with two attached hydrogens (primary N) is 1. The van der Waals surface area contributed by atoms with Gasteiger partial charge >= 0.3 is 5.97 Å². The lowest BCUT2D eigenvalue weighted by Crippen LogP contribution is -2.48. The van der Waals surface area contributed by atoms with Crippen molar-refractivity contribution in [1.29, 1.82) is 0 Å². The third-order valence-corrected chi connectivity index (χ3v) is 3.73. The third kappa shape index (κ3) is 3.30. The maximum absolute atomic E-state index is 12.0.